The summed E-state index contributed by atoms with van der Waals surface area (Å²) in [5.41, 5.74) is 1.30. The average molecular weight is 205 g/mol. The van der Waals surface area contributed by atoms with E-state index in [1.165, 1.54) is 7.11 Å². The Labute approximate surface area is 87.7 Å². The van der Waals surface area contributed by atoms with Crippen LogP contribution in [0.15, 0.2) is 29.0 Å². The molecular formula is C10H11N3O2. The van der Waals surface area contributed by atoms with Gasteiger partial charge in [0.05, 0.1) is 11.8 Å². The predicted molar refractivity (Wildman–Crippen MR) is 54.9 cm³/mol. The molecule has 1 aliphatic carbocycles. The molecule has 15 heavy (non-hydrogen) atoms. The minimum atomic E-state index is -0.246. The fraction of sp³-hybridized carbons (Fsp3) is 0.300. The molecule has 0 radical (unpaired) electrons. The summed E-state index contributed by atoms with van der Waals surface area (Å²) in [4.78, 5) is 16.0. The molecule has 0 aromatic heterocycles. The first-order valence-electron chi connectivity index (χ1n) is 4.41. The van der Waals surface area contributed by atoms with E-state index in [4.69, 9.17) is 5.26 Å². The van der Waals surface area contributed by atoms with Gasteiger partial charge in [-0.1, -0.05) is 11.2 Å². The normalized spacial score (nSPS) is 16.8. The van der Waals surface area contributed by atoms with Crippen molar-refractivity contribution in [1.29, 1.82) is 5.26 Å². The lowest BCUT2D eigenvalue weighted by atomic mass is 10.1. The Morgan fingerprint density at radius 3 is 3.07 bits per heavy atom. The van der Waals surface area contributed by atoms with Crippen LogP contribution in [0.1, 0.15) is 6.42 Å². The Kier molecular flexibility index (Phi) is 4.10. The molecule has 5 heteroatoms. The van der Waals surface area contributed by atoms with Gasteiger partial charge in [-0.05, 0) is 12.2 Å². The van der Waals surface area contributed by atoms with Crippen LogP contribution in [0, 0.1) is 11.3 Å². The topological polar surface area (TPSA) is 74.5 Å². The summed E-state index contributed by atoms with van der Waals surface area (Å²) in [6, 6.07) is 1.84. The van der Waals surface area contributed by atoms with Gasteiger partial charge in [0.25, 0.3) is 5.91 Å². The SMILES string of the molecule is CON=C1C=CC(C(=O)NCC#N)=CC1. The molecule has 0 atom stereocenters. The molecule has 0 saturated heterocycles. The van der Waals surface area contributed by atoms with Crippen LogP contribution in [0.4, 0.5) is 0 Å². The van der Waals surface area contributed by atoms with Gasteiger partial charge in [-0.2, -0.15) is 5.26 Å². The van der Waals surface area contributed by atoms with Gasteiger partial charge in [-0.25, -0.2) is 0 Å². The second-order valence-corrected chi connectivity index (χ2v) is 2.80. The number of rotatable bonds is 3. The molecule has 0 bridgehead atoms. The summed E-state index contributed by atoms with van der Waals surface area (Å²) in [5.74, 6) is -0.246. The van der Waals surface area contributed by atoms with E-state index in [1.54, 1.807) is 18.2 Å². The molecule has 0 aromatic carbocycles. The molecule has 1 N–H and O–H groups in total. The van der Waals surface area contributed by atoms with E-state index in [1.807, 2.05) is 6.07 Å². The van der Waals surface area contributed by atoms with Gasteiger partial charge in [0.2, 0.25) is 0 Å². The first-order valence-corrected chi connectivity index (χ1v) is 4.41. The third kappa shape index (κ3) is 3.27. The number of nitriles is 1. The highest BCUT2D eigenvalue weighted by Gasteiger charge is 2.09. The van der Waals surface area contributed by atoms with E-state index in [-0.39, 0.29) is 12.5 Å². The van der Waals surface area contributed by atoms with Gasteiger partial charge >= 0.3 is 0 Å². The first-order chi connectivity index (χ1) is 7.27. The molecular weight excluding hydrogens is 194 g/mol. The van der Waals surface area contributed by atoms with Crippen LogP contribution in [-0.2, 0) is 9.63 Å². The van der Waals surface area contributed by atoms with Crippen molar-refractivity contribution >= 4 is 11.6 Å². The predicted octanol–water partition coefficient (Wildman–Crippen LogP) is 0.515. The number of hydrogen-bond donors (Lipinski definition) is 1. The Morgan fingerprint density at radius 2 is 2.53 bits per heavy atom. The van der Waals surface area contributed by atoms with E-state index in [0.717, 1.165) is 5.71 Å². The molecule has 1 amide bonds. The largest absolute Gasteiger partial charge is 0.399 e. The average Bonchev–Trinajstić information content (AvgIpc) is 2.27. The van der Waals surface area contributed by atoms with Crippen molar-refractivity contribution < 1.29 is 9.63 Å². The van der Waals surface area contributed by atoms with Gasteiger partial charge in [0.1, 0.15) is 13.7 Å². The molecule has 0 fully saturated rings. The number of carbonyl (C=O) groups excluding carboxylic acids is 1. The molecule has 1 aliphatic rings. The summed E-state index contributed by atoms with van der Waals surface area (Å²) in [5, 5.41) is 14.5. The number of nitrogens with one attached hydrogen (secondary N) is 1. The van der Waals surface area contributed by atoms with Crippen molar-refractivity contribution in [3.05, 3.63) is 23.8 Å². The lowest BCUT2D eigenvalue weighted by molar-refractivity contribution is -0.116. The van der Waals surface area contributed by atoms with Crippen LogP contribution < -0.4 is 5.32 Å². The second kappa shape index (κ2) is 5.60. The maximum atomic E-state index is 11.4. The molecule has 0 aromatic rings. The Balaban J connectivity index is 2.55. The summed E-state index contributed by atoms with van der Waals surface area (Å²) >= 11 is 0. The second-order valence-electron chi connectivity index (χ2n) is 2.80. The van der Waals surface area contributed by atoms with E-state index in [9.17, 15) is 4.79 Å². The van der Waals surface area contributed by atoms with Gasteiger partial charge in [0.15, 0.2) is 0 Å². The first kappa shape index (κ1) is 11.0. The third-order valence-electron chi connectivity index (χ3n) is 1.79. The molecule has 0 spiro atoms. The summed E-state index contributed by atoms with van der Waals surface area (Å²) in [6.45, 7) is 0.0169. The van der Waals surface area contributed by atoms with E-state index < -0.39 is 0 Å². The van der Waals surface area contributed by atoms with E-state index in [0.29, 0.717) is 12.0 Å². The van der Waals surface area contributed by atoms with Gasteiger partial charge < -0.3 is 10.2 Å². The van der Waals surface area contributed by atoms with Gasteiger partial charge in [-0.15, -0.1) is 0 Å². The minimum absolute atomic E-state index is 0.0169. The van der Waals surface area contributed by atoms with Crippen LogP contribution in [-0.4, -0.2) is 25.3 Å². The number of carbonyl (C=O) groups is 1. The van der Waals surface area contributed by atoms with Crippen molar-refractivity contribution in [1.82, 2.24) is 5.32 Å². The van der Waals surface area contributed by atoms with Crippen LogP contribution in [0.2, 0.25) is 0 Å². The fourth-order valence-electron chi connectivity index (χ4n) is 1.11. The Morgan fingerprint density at radius 1 is 1.73 bits per heavy atom. The van der Waals surface area contributed by atoms with Gasteiger partial charge in [-0.3, -0.25) is 4.79 Å². The third-order valence-corrected chi connectivity index (χ3v) is 1.79. The highest BCUT2D eigenvalue weighted by atomic mass is 16.6. The van der Waals surface area contributed by atoms with Crippen LogP contribution in [0.3, 0.4) is 0 Å². The quantitative estimate of drug-likeness (QED) is 0.539. The molecule has 0 aliphatic heterocycles. The summed E-state index contributed by atoms with van der Waals surface area (Å²) in [6.07, 6.45) is 5.66. The Bertz CT molecular complexity index is 375. The highest BCUT2D eigenvalue weighted by molar-refractivity contribution is 6.04. The highest BCUT2D eigenvalue weighted by Crippen LogP contribution is 2.08. The number of nitrogens with zero attached hydrogens (tertiary/aromatic N) is 2. The molecule has 78 valence electrons. The summed E-state index contributed by atoms with van der Waals surface area (Å²) in [7, 11) is 1.47. The number of amides is 1. The van der Waals surface area contributed by atoms with Crippen molar-refractivity contribution in [3.8, 4) is 6.07 Å². The zero-order valence-corrected chi connectivity index (χ0v) is 8.36. The Hall–Kier alpha value is -2.09. The smallest absolute Gasteiger partial charge is 0.251 e. The zero-order chi connectivity index (χ0) is 11.1. The van der Waals surface area contributed by atoms with Crippen molar-refractivity contribution in [2.24, 2.45) is 5.16 Å². The number of hydrogen-bond acceptors (Lipinski definition) is 4. The van der Waals surface area contributed by atoms with E-state index in [2.05, 4.69) is 15.3 Å². The maximum Gasteiger partial charge on any atom is 0.251 e. The molecule has 0 saturated carbocycles. The molecule has 5 nitrogen and oxygen atoms in total. The van der Waals surface area contributed by atoms with Crippen molar-refractivity contribution in [2.45, 2.75) is 6.42 Å². The fourth-order valence-corrected chi connectivity index (χ4v) is 1.11. The van der Waals surface area contributed by atoms with Crippen LogP contribution in [0.5, 0.6) is 0 Å². The molecule has 1 rings (SSSR count). The minimum Gasteiger partial charge on any atom is -0.399 e. The monoisotopic (exact) mass is 205 g/mol. The van der Waals surface area contributed by atoms with Crippen LogP contribution in [0.25, 0.3) is 0 Å². The van der Waals surface area contributed by atoms with Crippen molar-refractivity contribution in [3.63, 3.8) is 0 Å². The lowest BCUT2D eigenvalue weighted by Gasteiger charge is -2.07. The lowest BCUT2D eigenvalue weighted by Crippen LogP contribution is -2.25. The van der Waals surface area contributed by atoms with E-state index >= 15 is 0 Å². The number of oxime groups is 1. The zero-order valence-electron chi connectivity index (χ0n) is 8.36. The molecule has 0 heterocycles. The standard InChI is InChI=1S/C10H11N3O2/c1-15-13-9-4-2-8(3-5-9)10(14)12-7-6-11/h2-4H,5,7H2,1H3,(H,12,14). The van der Waals surface area contributed by atoms with Gasteiger partial charge in [0, 0.05) is 12.0 Å². The maximum absolute atomic E-state index is 11.4. The summed E-state index contributed by atoms with van der Waals surface area (Å²) < 4.78 is 0. The van der Waals surface area contributed by atoms with Crippen molar-refractivity contribution in [2.75, 3.05) is 13.7 Å². The van der Waals surface area contributed by atoms with Crippen LogP contribution >= 0.6 is 0 Å². The number of allylic oxidation sites excluding steroid dienone is 2. The molecule has 0 unspecified atom stereocenters.